The van der Waals surface area contributed by atoms with Crippen molar-refractivity contribution in [2.24, 2.45) is 0 Å². The Hall–Kier alpha value is -1.42. The summed E-state index contributed by atoms with van der Waals surface area (Å²) in [6, 6.07) is 10.7. The van der Waals surface area contributed by atoms with Gasteiger partial charge in [0.15, 0.2) is 0 Å². The van der Waals surface area contributed by atoms with Gasteiger partial charge in [0.05, 0.1) is 23.3 Å². The van der Waals surface area contributed by atoms with Crippen LogP contribution in [0.4, 0.5) is 0 Å². The van der Waals surface area contributed by atoms with Gasteiger partial charge in [-0.2, -0.15) is 0 Å². The molecule has 0 aliphatic carbocycles. The summed E-state index contributed by atoms with van der Waals surface area (Å²) in [6.07, 6.45) is -0.638. The van der Waals surface area contributed by atoms with E-state index in [4.69, 9.17) is 32.7 Å². The first-order valence-corrected chi connectivity index (χ1v) is 7.20. The van der Waals surface area contributed by atoms with Crippen LogP contribution in [-0.2, 0) is 6.61 Å². The molecule has 0 radical (unpaired) electrons. The fraction of sp³-hybridized carbons (Fsp3) is 0.250. The number of methoxy groups -OCH3 is 1. The number of ether oxygens (including phenoxy) is 2. The summed E-state index contributed by atoms with van der Waals surface area (Å²) in [5, 5.41) is 10.8. The highest BCUT2D eigenvalue weighted by Crippen LogP contribution is 2.31. The summed E-state index contributed by atoms with van der Waals surface area (Å²) in [6.45, 7) is 1.94. The average molecular weight is 327 g/mol. The second kappa shape index (κ2) is 7.03. The van der Waals surface area contributed by atoms with Gasteiger partial charge in [-0.05, 0) is 25.1 Å². The summed E-state index contributed by atoms with van der Waals surface area (Å²) in [4.78, 5) is 0. The maximum Gasteiger partial charge on any atom is 0.129 e. The molecule has 1 atom stereocenters. The van der Waals surface area contributed by atoms with Crippen LogP contribution < -0.4 is 9.47 Å². The molecule has 5 heteroatoms. The van der Waals surface area contributed by atoms with E-state index < -0.39 is 6.10 Å². The van der Waals surface area contributed by atoms with Gasteiger partial charge < -0.3 is 14.6 Å². The zero-order chi connectivity index (χ0) is 15.4. The second-order valence-electron chi connectivity index (χ2n) is 4.58. The van der Waals surface area contributed by atoms with Crippen molar-refractivity contribution >= 4 is 23.2 Å². The minimum absolute atomic E-state index is 0.256. The van der Waals surface area contributed by atoms with E-state index in [0.29, 0.717) is 27.1 Å². The first-order valence-electron chi connectivity index (χ1n) is 6.44. The third-order valence-electron chi connectivity index (χ3n) is 3.09. The van der Waals surface area contributed by atoms with E-state index in [1.54, 1.807) is 38.3 Å². The molecule has 21 heavy (non-hydrogen) atoms. The second-order valence-corrected chi connectivity index (χ2v) is 5.37. The van der Waals surface area contributed by atoms with Crippen molar-refractivity contribution in [1.29, 1.82) is 0 Å². The lowest BCUT2D eigenvalue weighted by Gasteiger charge is -2.15. The molecule has 2 aromatic carbocycles. The van der Waals surface area contributed by atoms with E-state index in [-0.39, 0.29) is 6.61 Å². The monoisotopic (exact) mass is 326 g/mol. The fourth-order valence-electron chi connectivity index (χ4n) is 1.93. The largest absolute Gasteiger partial charge is 0.497 e. The third-order valence-corrected chi connectivity index (χ3v) is 3.94. The summed E-state index contributed by atoms with van der Waals surface area (Å²) in [7, 11) is 1.58. The molecule has 1 N–H and O–H groups in total. The topological polar surface area (TPSA) is 38.7 Å². The first-order chi connectivity index (χ1) is 10.0. The number of rotatable bonds is 5. The maximum atomic E-state index is 9.80. The number of aliphatic hydroxyl groups is 1. The Labute approximate surface area is 134 Å². The summed E-state index contributed by atoms with van der Waals surface area (Å²) in [5.41, 5.74) is 1.47. The zero-order valence-electron chi connectivity index (χ0n) is 11.8. The van der Waals surface area contributed by atoms with E-state index in [9.17, 15) is 5.11 Å². The Balaban J connectivity index is 2.24. The van der Waals surface area contributed by atoms with Gasteiger partial charge in [-0.1, -0.05) is 35.3 Å². The highest BCUT2D eigenvalue weighted by molar-refractivity contribution is 6.42. The van der Waals surface area contributed by atoms with Gasteiger partial charge in [-0.3, -0.25) is 0 Å². The predicted molar refractivity (Wildman–Crippen MR) is 84.4 cm³/mol. The van der Waals surface area contributed by atoms with Crippen LogP contribution in [-0.4, -0.2) is 12.2 Å². The number of hydrogen-bond donors (Lipinski definition) is 1. The van der Waals surface area contributed by atoms with E-state index in [1.165, 1.54) is 0 Å². The van der Waals surface area contributed by atoms with E-state index in [2.05, 4.69) is 0 Å². The van der Waals surface area contributed by atoms with Crippen LogP contribution in [0.2, 0.25) is 10.0 Å². The number of halogens is 2. The summed E-state index contributed by atoms with van der Waals surface area (Å²) in [5.74, 6) is 1.21. The molecule has 0 amide bonds. The Bertz CT molecular complexity index is 627. The van der Waals surface area contributed by atoms with Crippen LogP contribution in [0.5, 0.6) is 11.5 Å². The molecule has 0 aliphatic rings. The Kier molecular flexibility index (Phi) is 5.34. The number of benzene rings is 2. The first kappa shape index (κ1) is 16.0. The quantitative estimate of drug-likeness (QED) is 0.870. The van der Waals surface area contributed by atoms with Crippen LogP contribution in [0.1, 0.15) is 24.2 Å². The van der Waals surface area contributed by atoms with Gasteiger partial charge >= 0.3 is 0 Å². The molecule has 0 saturated carbocycles. The Morgan fingerprint density at radius 3 is 2.62 bits per heavy atom. The number of hydrogen-bond acceptors (Lipinski definition) is 3. The van der Waals surface area contributed by atoms with Crippen molar-refractivity contribution in [3.8, 4) is 11.5 Å². The molecular formula is C16H16Cl2O3. The van der Waals surface area contributed by atoms with Gasteiger partial charge in [-0.15, -0.1) is 0 Å². The van der Waals surface area contributed by atoms with Crippen molar-refractivity contribution in [3.05, 3.63) is 57.6 Å². The third kappa shape index (κ3) is 3.82. The molecule has 0 aromatic heterocycles. The van der Waals surface area contributed by atoms with E-state index >= 15 is 0 Å². The molecule has 112 valence electrons. The van der Waals surface area contributed by atoms with Crippen molar-refractivity contribution in [3.63, 3.8) is 0 Å². The maximum absolute atomic E-state index is 9.80. The van der Waals surface area contributed by atoms with Crippen molar-refractivity contribution in [2.75, 3.05) is 7.11 Å². The molecule has 3 nitrogen and oxygen atoms in total. The molecular weight excluding hydrogens is 311 g/mol. The van der Waals surface area contributed by atoms with Gasteiger partial charge in [0, 0.05) is 17.2 Å². The van der Waals surface area contributed by atoms with Crippen molar-refractivity contribution in [1.82, 2.24) is 0 Å². The van der Waals surface area contributed by atoms with E-state index in [1.807, 2.05) is 12.1 Å². The van der Waals surface area contributed by atoms with E-state index in [0.717, 1.165) is 5.56 Å². The summed E-state index contributed by atoms with van der Waals surface area (Å²) >= 11 is 12.1. The van der Waals surface area contributed by atoms with Crippen LogP contribution >= 0.6 is 23.2 Å². The average Bonchev–Trinajstić information content (AvgIpc) is 2.48. The van der Waals surface area contributed by atoms with Crippen molar-refractivity contribution < 1.29 is 14.6 Å². The van der Waals surface area contributed by atoms with Crippen LogP contribution in [0.15, 0.2) is 36.4 Å². The molecule has 0 unspecified atom stereocenters. The molecule has 0 heterocycles. The van der Waals surface area contributed by atoms with Crippen molar-refractivity contribution in [2.45, 2.75) is 19.6 Å². The molecule has 0 fully saturated rings. The molecule has 0 spiro atoms. The fourth-order valence-corrected chi connectivity index (χ4v) is 2.30. The highest BCUT2D eigenvalue weighted by atomic mass is 35.5. The lowest BCUT2D eigenvalue weighted by molar-refractivity contribution is 0.190. The van der Waals surface area contributed by atoms with Crippen LogP contribution in [0.25, 0.3) is 0 Å². The summed E-state index contributed by atoms with van der Waals surface area (Å²) < 4.78 is 11.0. The predicted octanol–water partition coefficient (Wildman–Crippen LogP) is 4.63. The normalized spacial score (nSPS) is 12.0. The lowest BCUT2D eigenvalue weighted by atomic mass is 10.1. The Morgan fingerprint density at radius 1 is 1.19 bits per heavy atom. The lowest BCUT2D eigenvalue weighted by Crippen LogP contribution is -2.02. The standard InChI is InChI=1S/C16H16Cl2O3/c1-10(19)13-7-6-12(20-2)8-15(13)21-9-11-4-3-5-14(17)16(11)18/h3-8,10,19H,9H2,1-2H3/t10-/m1/s1. The molecule has 0 bridgehead atoms. The van der Waals surface area contributed by atoms with Crippen LogP contribution in [0.3, 0.4) is 0 Å². The number of aliphatic hydroxyl groups excluding tert-OH is 1. The SMILES string of the molecule is COc1ccc([C@@H](C)O)c(OCc2cccc(Cl)c2Cl)c1. The minimum atomic E-state index is -0.638. The van der Waals surface area contributed by atoms with Crippen LogP contribution in [0, 0.1) is 0 Å². The van der Waals surface area contributed by atoms with Gasteiger partial charge in [0.25, 0.3) is 0 Å². The minimum Gasteiger partial charge on any atom is -0.497 e. The highest BCUT2D eigenvalue weighted by Gasteiger charge is 2.12. The Morgan fingerprint density at radius 2 is 1.95 bits per heavy atom. The van der Waals surface area contributed by atoms with Gasteiger partial charge in [0.1, 0.15) is 18.1 Å². The molecule has 2 aromatic rings. The zero-order valence-corrected chi connectivity index (χ0v) is 13.3. The van der Waals surface area contributed by atoms with Gasteiger partial charge in [-0.25, -0.2) is 0 Å². The van der Waals surface area contributed by atoms with Gasteiger partial charge in [0.2, 0.25) is 0 Å². The smallest absolute Gasteiger partial charge is 0.129 e. The molecule has 0 saturated heterocycles. The molecule has 2 rings (SSSR count). The molecule has 0 aliphatic heterocycles.